The van der Waals surface area contributed by atoms with Gasteiger partial charge in [0.15, 0.2) is 0 Å². The number of alkyl halides is 3. The second-order valence-corrected chi connectivity index (χ2v) is 10.9. The van der Waals surface area contributed by atoms with Gasteiger partial charge in [0.1, 0.15) is 30.2 Å². The van der Waals surface area contributed by atoms with E-state index >= 15 is 0 Å². The van der Waals surface area contributed by atoms with Gasteiger partial charge in [0.05, 0.1) is 47.9 Å². The van der Waals surface area contributed by atoms with Crippen molar-refractivity contribution >= 4 is 23.7 Å². The summed E-state index contributed by atoms with van der Waals surface area (Å²) in [5.41, 5.74) is -3.38. The van der Waals surface area contributed by atoms with Crippen molar-refractivity contribution in [3.63, 3.8) is 0 Å². The summed E-state index contributed by atoms with van der Waals surface area (Å²) in [7, 11) is 0.862. The van der Waals surface area contributed by atoms with Gasteiger partial charge < -0.3 is 40.0 Å². The normalized spacial score (nSPS) is 14.9. The molecule has 1 aliphatic heterocycles. The lowest BCUT2D eigenvalue weighted by Crippen LogP contribution is -2.38. The van der Waals surface area contributed by atoms with E-state index in [4.69, 9.17) is 19.5 Å². The van der Waals surface area contributed by atoms with Gasteiger partial charge in [0, 0.05) is 37.5 Å². The van der Waals surface area contributed by atoms with Crippen molar-refractivity contribution in [1.29, 1.82) is 5.26 Å². The zero-order chi connectivity index (χ0) is 37.6. The Bertz CT molecular complexity index is 1690. The molecule has 15 nitrogen and oxygen atoms in total. The molecule has 2 atom stereocenters. The highest BCUT2D eigenvalue weighted by Gasteiger charge is 2.47. The molecule has 1 aliphatic rings. The van der Waals surface area contributed by atoms with Crippen molar-refractivity contribution in [2.75, 3.05) is 46.6 Å². The maximum atomic E-state index is 14.1. The topological polar surface area (TPSA) is 211 Å². The van der Waals surface area contributed by atoms with Crippen LogP contribution in [-0.4, -0.2) is 86.9 Å². The van der Waals surface area contributed by atoms with E-state index in [2.05, 4.69) is 20.7 Å². The van der Waals surface area contributed by atoms with Crippen LogP contribution in [0.4, 0.5) is 23.7 Å². The Morgan fingerprint density at radius 2 is 1.76 bits per heavy atom. The summed E-state index contributed by atoms with van der Waals surface area (Å²) in [6.45, 7) is 1.48. The van der Waals surface area contributed by atoms with E-state index in [1.54, 1.807) is 24.3 Å². The molecule has 0 spiro atoms. The molecule has 1 amide bonds. The number of halogens is 3. The first-order chi connectivity index (χ1) is 24.3. The number of methoxy groups -OCH3 is 1. The summed E-state index contributed by atoms with van der Waals surface area (Å²) in [6, 6.07) is 13.1. The van der Waals surface area contributed by atoms with Crippen LogP contribution in [0.25, 0.3) is 0 Å². The average molecular weight is 720 g/mol. The number of nitro groups is 1. The Labute approximate surface area is 290 Å². The number of aliphatic hydroxyl groups is 1. The molecular weight excluding hydrogens is 683 g/mol. The van der Waals surface area contributed by atoms with Gasteiger partial charge in [0.2, 0.25) is 0 Å². The van der Waals surface area contributed by atoms with Crippen LogP contribution in [0, 0.1) is 21.4 Å². The highest BCUT2D eigenvalue weighted by Crippen LogP contribution is 2.44. The van der Waals surface area contributed by atoms with Crippen molar-refractivity contribution in [2.24, 2.45) is 0 Å². The molecule has 0 radical (unpaired) electrons. The Balaban J connectivity index is 1.46. The smallest absolute Gasteiger partial charge is 0.431 e. The monoisotopic (exact) mass is 719 g/mol. The lowest BCUT2D eigenvalue weighted by Gasteiger charge is -2.31. The number of allylic oxidation sites excluding steroid dienone is 2. The SMILES string of the molecule is COC(=O)C1=C(C(F)(F)F)NC(C)=C(C(=O)OCCCCOC(=O)NCCNCC(O)COc2ccccc2C#N)C1c1cccc([N+](=O)[O-])c1. The number of nitrogens with zero attached hydrogens (tertiary/aromatic N) is 2. The number of carbonyl (C=O) groups is 3. The van der Waals surface area contributed by atoms with Crippen LogP contribution in [0.3, 0.4) is 0 Å². The van der Waals surface area contributed by atoms with Gasteiger partial charge in [-0.05, 0) is 37.5 Å². The number of unbranched alkanes of at least 4 members (excludes halogenated alkanes) is 1. The number of amides is 1. The number of carbonyl (C=O) groups excluding carboxylic acids is 3. The minimum absolute atomic E-state index is 0.0481. The van der Waals surface area contributed by atoms with E-state index < -0.39 is 58.1 Å². The average Bonchev–Trinajstić information content (AvgIpc) is 3.10. The van der Waals surface area contributed by atoms with Crippen LogP contribution in [-0.2, 0) is 23.8 Å². The summed E-state index contributed by atoms with van der Waals surface area (Å²) in [5.74, 6) is -3.84. The van der Waals surface area contributed by atoms with E-state index in [1.807, 2.05) is 6.07 Å². The van der Waals surface area contributed by atoms with Gasteiger partial charge in [-0.2, -0.15) is 18.4 Å². The molecule has 0 saturated carbocycles. The Morgan fingerprint density at radius 3 is 2.43 bits per heavy atom. The molecule has 3 rings (SSSR count). The third-order valence-corrected chi connectivity index (χ3v) is 7.28. The van der Waals surface area contributed by atoms with E-state index in [0.717, 1.165) is 19.2 Å². The lowest BCUT2D eigenvalue weighted by molar-refractivity contribution is -0.384. The van der Waals surface area contributed by atoms with Crippen LogP contribution in [0.5, 0.6) is 5.75 Å². The van der Waals surface area contributed by atoms with Crippen molar-refractivity contribution in [3.8, 4) is 11.8 Å². The van der Waals surface area contributed by atoms with Crippen LogP contribution in [0.15, 0.2) is 71.1 Å². The molecule has 2 aromatic carbocycles. The zero-order valence-corrected chi connectivity index (χ0v) is 27.6. The van der Waals surface area contributed by atoms with E-state index in [9.17, 15) is 42.8 Å². The number of nitrogens with one attached hydrogen (secondary N) is 3. The number of hydrogen-bond acceptors (Lipinski definition) is 13. The fourth-order valence-corrected chi connectivity index (χ4v) is 4.92. The molecule has 4 N–H and O–H groups in total. The number of esters is 2. The molecule has 51 heavy (non-hydrogen) atoms. The number of rotatable bonds is 17. The summed E-state index contributed by atoms with van der Waals surface area (Å²) >= 11 is 0. The van der Waals surface area contributed by atoms with Crippen LogP contribution in [0.2, 0.25) is 0 Å². The standard InChI is InChI=1S/C33H36F3N5O10/c1-20-26(27(21-9-7-10-23(16-21)41(46)47)28(30(43)48-2)29(40-20)33(34,35)36)31(44)49-14-5-6-15-50-32(45)39-13-12-38-18-24(42)19-51-25-11-4-3-8-22(25)17-37/h3-4,7-11,16,24,27,38,40,42H,5-6,12-15,18-19H2,1-2H3,(H,39,45). The van der Waals surface area contributed by atoms with Crippen molar-refractivity contribution < 1.29 is 56.5 Å². The van der Waals surface area contributed by atoms with Gasteiger partial charge in [-0.3, -0.25) is 10.1 Å². The Hall–Kier alpha value is -5.67. The molecule has 2 aromatic rings. The van der Waals surface area contributed by atoms with E-state index in [-0.39, 0.29) is 62.6 Å². The maximum absolute atomic E-state index is 14.1. The largest absolute Gasteiger partial charge is 0.489 e. The van der Waals surface area contributed by atoms with Gasteiger partial charge in [-0.1, -0.05) is 24.3 Å². The quantitative estimate of drug-likeness (QED) is 0.0607. The molecule has 18 heteroatoms. The number of hydrogen-bond donors (Lipinski definition) is 4. The minimum Gasteiger partial charge on any atom is -0.489 e. The third-order valence-electron chi connectivity index (χ3n) is 7.28. The number of benzene rings is 2. The maximum Gasteiger partial charge on any atom is 0.431 e. The second-order valence-electron chi connectivity index (χ2n) is 10.9. The van der Waals surface area contributed by atoms with E-state index in [1.165, 1.54) is 19.1 Å². The molecule has 0 aromatic heterocycles. The number of non-ortho nitro benzene ring substituents is 1. The number of dihydropyridines is 1. The molecule has 0 bridgehead atoms. The number of alkyl carbamates (subject to hydrolysis) is 1. The number of para-hydroxylation sites is 1. The summed E-state index contributed by atoms with van der Waals surface area (Å²) < 4.78 is 62.6. The minimum atomic E-state index is -5.08. The molecular formula is C33H36F3N5O10. The van der Waals surface area contributed by atoms with Crippen molar-refractivity contribution in [3.05, 3.63) is 92.3 Å². The second kappa shape index (κ2) is 18.9. The predicted octanol–water partition coefficient (Wildman–Crippen LogP) is 3.50. The summed E-state index contributed by atoms with van der Waals surface area (Å²) in [4.78, 5) is 48.6. The first-order valence-corrected chi connectivity index (χ1v) is 15.5. The molecule has 0 fully saturated rings. The molecule has 274 valence electrons. The van der Waals surface area contributed by atoms with Crippen LogP contribution in [0.1, 0.15) is 36.8 Å². The molecule has 0 saturated heterocycles. The van der Waals surface area contributed by atoms with Gasteiger partial charge >= 0.3 is 24.2 Å². The number of ether oxygens (including phenoxy) is 4. The van der Waals surface area contributed by atoms with Gasteiger partial charge in [-0.15, -0.1) is 0 Å². The van der Waals surface area contributed by atoms with Crippen molar-refractivity contribution in [1.82, 2.24) is 16.0 Å². The molecule has 1 heterocycles. The lowest BCUT2D eigenvalue weighted by atomic mass is 9.80. The molecule has 2 unspecified atom stereocenters. The van der Waals surface area contributed by atoms with Crippen LogP contribution < -0.4 is 20.7 Å². The van der Waals surface area contributed by atoms with Crippen molar-refractivity contribution in [2.45, 2.75) is 38.0 Å². The summed E-state index contributed by atoms with van der Waals surface area (Å²) in [5, 5.41) is 38.1. The zero-order valence-electron chi connectivity index (χ0n) is 27.6. The number of aliphatic hydroxyl groups excluding tert-OH is 1. The fourth-order valence-electron chi connectivity index (χ4n) is 4.92. The first kappa shape index (κ1) is 39.8. The first-order valence-electron chi connectivity index (χ1n) is 15.5. The Morgan fingerprint density at radius 1 is 1.06 bits per heavy atom. The highest BCUT2D eigenvalue weighted by molar-refractivity contribution is 6.00. The molecule has 0 aliphatic carbocycles. The third kappa shape index (κ3) is 11.4. The van der Waals surface area contributed by atoms with Gasteiger partial charge in [0.25, 0.3) is 5.69 Å². The number of nitro benzene ring substituents is 1. The van der Waals surface area contributed by atoms with Gasteiger partial charge in [-0.25, -0.2) is 14.4 Å². The Kier molecular flexibility index (Phi) is 14.8. The summed E-state index contributed by atoms with van der Waals surface area (Å²) in [6.07, 6.45) is -6.23. The highest BCUT2D eigenvalue weighted by atomic mass is 19.4. The predicted molar refractivity (Wildman–Crippen MR) is 172 cm³/mol. The van der Waals surface area contributed by atoms with Crippen LogP contribution >= 0.6 is 0 Å². The number of nitriles is 1. The fraction of sp³-hybridized carbons (Fsp3) is 0.394. The van der Waals surface area contributed by atoms with E-state index in [0.29, 0.717) is 17.9 Å².